The summed E-state index contributed by atoms with van der Waals surface area (Å²) in [5.41, 5.74) is -0.488. The van der Waals surface area contributed by atoms with Gasteiger partial charge in [-0.1, -0.05) is 6.07 Å². The molecule has 31 heavy (non-hydrogen) atoms. The van der Waals surface area contributed by atoms with Gasteiger partial charge < -0.3 is 9.47 Å². The van der Waals surface area contributed by atoms with Crippen LogP contribution in [0.2, 0.25) is 0 Å². The average Bonchev–Trinajstić information content (AvgIpc) is 2.65. The quantitative estimate of drug-likeness (QED) is 0.260. The maximum atomic E-state index is 12.7. The van der Waals surface area contributed by atoms with E-state index in [1.165, 1.54) is 19.9 Å². The molecule has 0 bridgehead atoms. The number of rotatable bonds is 9. The van der Waals surface area contributed by atoms with Gasteiger partial charge in [-0.3, -0.25) is 10.1 Å². The molecule has 0 saturated carbocycles. The van der Waals surface area contributed by atoms with E-state index < -0.39 is 50.3 Å². The number of nitrogens with zero attached hydrogens (tertiary/aromatic N) is 2. The van der Waals surface area contributed by atoms with Crippen molar-refractivity contribution in [3.8, 4) is 11.5 Å². The molecule has 0 saturated heterocycles. The van der Waals surface area contributed by atoms with E-state index in [9.17, 15) is 36.1 Å². The van der Waals surface area contributed by atoms with Crippen molar-refractivity contribution >= 4 is 21.4 Å². The first-order valence-corrected chi connectivity index (χ1v) is 9.74. The number of hydrazone groups is 1. The van der Waals surface area contributed by atoms with Gasteiger partial charge in [-0.15, -0.1) is 0 Å². The fourth-order valence-electron chi connectivity index (χ4n) is 2.37. The molecule has 1 N–H and O–H groups in total. The normalized spacial score (nSPS) is 12.2. The zero-order chi connectivity index (χ0) is 23.3. The third-order valence-corrected chi connectivity index (χ3v) is 5.01. The maximum absolute atomic E-state index is 12.7. The molecule has 0 aromatic heterocycles. The molecule has 0 atom stereocenters. The molecule has 0 heterocycles. The Hall–Kier alpha value is -3.42. The number of nitro benzene ring substituents is 1. The highest BCUT2D eigenvalue weighted by Gasteiger charge is 2.20. The monoisotopic (exact) mass is 465 g/mol. The van der Waals surface area contributed by atoms with Crippen LogP contribution >= 0.6 is 0 Å². The standard InChI is InChI=1S/C17H15F4N3O6S/c1-9-3-5-12(8-14(9)24(25)26)31(27,28)23-22-10(2)13-6-4-11(29-16(18)19)7-15(13)30-17(20)21/h3-8,16-17,23H,1-2H3/b22-10+. The Morgan fingerprint density at radius 1 is 1.10 bits per heavy atom. The zero-order valence-electron chi connectivity index (χ0n) is 15.9. The third kappa shape index (κ3) is 6.28. The molecular weight excluding hydrogens is 450 g/mol. The smallest absolute Gasteiger partial charge is 0.387 e. The van der Waals surface area contributed by atoms with Crippen molar-refractivity contribution in [3.05, 3.63) is 57.6 Å². The molecule has 0 unspecified atom stereocenters. The fraction of sp³-hybridized carbons (Fsp3) is 0.235. The van der Waals surface area contributed by atoms with Crippen LogP contribution in [-0.2, 0) is 10.0 Å². The lowest BCUT2D eigenvalue weighted by Crippen LogP contribution is -2.20. The molecule has 0 radical (unpaired) electrons. The van der Waals surface area contributed by atoms with E-state index in [1.54, 1.807) is 0 Å². The van der Waals surface area contributed by atoms with Crippen LogP contribution in [0.15, 0.2) is 46.4 Å². The lowest BCUT2D eigenvalue weighted by Gasteiger charge is -2.13. The second kappa shape index (κ2) is 9.59. The predicted molar refractivity (Wildman–Crippen MR) is 100 cm³/mol. The van der Waals surface area contributed by atoms with Gasteiger partial charge in [-0.25, -0.2) is 0 Å². The van der Waals surface area contributed by atoms with Gasteiger partial charge >= 0.3 is 13.2 Å². The molecule has 0 aliphatic rings. The highest BCUT2D eigenvalue weighted by molar-refractivity contribution is 7.89. The summed E-state index contributed by atoms with van der Waals surface area (Å²) in [6.07, 6.45) is 0. The van der Waals surface area contributed by atoms with Crippen LogP contribution < -0.4 is 14.3 Å². The van der Waals surface area contributed by atoms with Crippen molar-refractivity contribution in [3.63, 3.8) is 0 Å². The van der Waals surface area contributed by atoms with E-state index in [2.05, 4.69) is 14.6 Å². The number of nitro groups is 1. The number of aryl methyl sites for hydroxylation is 1. The summed E-state index contributed by atoms with van der Waals surface area (Å²) in [4.78, 5) is 11.6. The first-order valence-electron chi connectivity index (χ1n) is 8.26. The van der Waals surface area contributed by atoms with Crippen molar-refractivity contribution in [1.29, 1.82) is 0 Å². The number of alkyl halides is 4. The summed E-state index contributed by atoms with van der Waals surface area (Å²) in [5, 5.41) is 14.6. The first kappa shape index (κ1) is 23.9. The number of halogens is 4. The van der Waals surface area contributed by atoms with Crippen LogP contribution in [0.25, 0.3) is 0 Å². The highest BCUT2D eigenvalue weighted by atomic mass is 32.2. The minimum Gasteiger partial charge on any atom is -0.435 e. The third-order valence-electron chi connectivity index (χ3n) is 3.81. The summed E-state index contributed by atoms with van der Waals surface area (Å²) < 4.78 is 83.2. The molecule has 0 aliphatic heterocycles. The van der Waals surface area contributed by atoms with Gasteiger partial charge in [0.1, 0.15) is 11.5 Å². The largest absolute Gasteiger partial charge is 0.435 e. The van der Waals surface area contributed by atoms with E-state index in [0.29, 0.717) is 0 Å². The SMILES string of the molecule is C/C(=N\NS(=O)(=O)c1ccc(C)c([N+](=O)[O-])c1)c1ccc(OC(F)F)cc1OC(F)F. The number of ether oxygens (including phenoxy) is 2. The molecule has 2 aromatic rings. The predicted octanol–water partition coefficient (Wildman–Crippen LogP) is 3.81. The van der Waals surface area contributed by atoms with Crippen LogP contribution in [0.3, 0.4) is 0 Å². The number of hydrogen-bond donors (Lipinski definition) is 1. The average molecular weight is 465 g/mol. The van der Waals surface area contributed by atoms with Gasteiger partial charge in [-0.2, -0.15) is 35.9 Å². The van der Waals surface area contributed by atoms with Crippen molar-refractivity contribution in [2.75, 3.05) is 0 Å². The Kier molecular flexibility index (Phi) is 7.38. The molecule has 0 spiro atoms. The van der Waals surface area contributed by atoms with E-state index in [0.717, 1.165) is 30.3 Å². The van der Waals surface area contributed by atoms with Crippen LogP contribution in [0.4, 0.5) is 23.2 Å². The summed E-state index contributed by atoms with van der Waals surface area (Å²) in [7, 11) is -4.35. The zero-order valence-corrected chi connectivity index (χ0v) is 16.7. The summed E-state index contributed by atoms with van der Waals surface area (Å²) in [6.45, 7) is -3.85. The highest BCUT2D eigenvalue weighted by Crippen LogP contribution is 2.28. The maximum Gasteiger partial charge on any atom is 0.387 e. The van der Waals surface area contributed by atoms with Crippen molar-refractivity contribution in [2.24, 2.45) is 5.10 Å². The van der Waals surface area contributed by atoms with Crippen LogP contribution in [0, 0.1) is 17.0 Å². The van der Waals surface area contributed by atoms with E-state index in [4.69, 9.17) is 0 Å². The van der Waals surface area contributed by atoms with Crippen molar-refractivity contribution in [1.82, 2.24) is 4.83 Å². The molecule has 0 aliphatic carbocycles. The summed E-state index contributed by atoms with van der Waals surface area (Å²) >= 11 is 0. The Balaban J connectivity index is 2.36. The van der Waals surface area contributed by atoms with Gasteiger partial charge in [-0.05, 0) is 32.0 Å². The summed E-state index contributed by atoms with van der Waals surface area (Å²) in [6, 6.07) is 6.06. The molecule has 2 rings (SSSR count). The number of nitrogens with one attached hydrogen (secondary N) is 1. The molecule has 14 heteroatoms. The molecule has 2 aromatic carbocycles. The minimum atomic E-state index is -4.35. The van der Waals surface area contributed by atoms with Crippen LogP contribution in [0.5, 0.6) is 11.5 Å². The lowest BCUT2D eigenvalue weighted by atomic mass is 10.1. The second-order valence-corrected chi connectivity index (χ2v) is 7.57. The molecule has 9 nitrogen and oxygen atoms in total. The Bertz CT molecular complexity index is 1110. The first-order chi connectivity index (χ1) is 14.4. The van der Waals surface area contributed by atoms with Gasteiger partial charge in [0.25, 0.3) is 15.7 Å². The second-order valence-electron chi connectivity index (χ2n) is 5.91. The number of benzene rings is 2. The fourth-order valence-corrected chi connectivity index (χ4v) is 3.24. The van der Waals surface area contributed by atoms with Gasteiger partial charge in [0.15, 0.2) is 0 Å². The Morgan fingerprint density at radius 2 is 1.74 bits per heavy atom. The van der Waals surface area contributed by atoms with Crippen molar-refractivity contribution < 1.29 is 40.4 Å². The molecule has 0 fully saturated rings. The van der Waals surface area contributed by atoms with Gasteiger partial charge in [0.05, 0.1) is 15.5 Å². The Labute approximate surface area is 173 Å². The minimum absolute atomic E-state index is 0.139. The van der Waals surface area contributed by atoms with E-state index in [-0.39, 0.29) is 16.8 Å². The lowest BCUT2D eigenvalue weighted by molar-refractivity contribution is -0.385. The van der Waals surface area contributed by atoms with E-state index >= 15 is 0 Å². The van der Waals surface area contributed by atoms with Crippen LogP contribution in [0.1, 0.15) is 18.1 Å². The van der Waals surface area contributed by atoms with E-state index in [1.807, 2.05) is 4.83 Å². The van der Waals surface area contributed by atoms with Crippen molar-refractivity contribution in [2.45, 2.75) is 32.0 Å². The molecule has 0 amide bonds. The van der Waals surface area contributed by atoms with Gasteiger partial charge in [0.2, 0.25) is 0 Å². The Morgan fingerprint density at radius 3 is 2.32 bits per heavy atom. The number of sulfonamides is 1. The van der Waals surface area contributed by atoms with Gasteiger partial charge in [0, 0.05) is 23.3 Å². The number of hydrogen-bond acceptors (Lipinski definition) is 7. The summed E-state index contributed by atoms with van der Waals surface area (Å²) in [5.74, 6) is -1.05. The molecule has 168 valence electrons. The van der Waals surface area contributed by atoms with Crippen LogP contribution in [-0.4, -0.2) is 32.3 Å². The topological polar surface area (TPSA) is 120 Å². The molecular formula is C17H15F4N3O6S.